The van der Waals surface area contributed by atoms with Crippen molar-refractivity contribution in [2.24, 2.45) is 0 Å². The van der Waals surface area contributed by atoms with Gasteiger partial charge in [-0.25, -0.2) is 14.8 Å². The molecule has 0 aromatic carbocycles. The summed E-state index contributed by atoms with van der Waals surface area (Å²) in [5.74, 6) is 0.218. The normalized spacial score (nSPS) is 10.2. The van der Waals surface area contributed by atoms with E-state index in [1.54, 1.807) is 12.3 Å². The van der Waals surface area contributed by atoms with Gasteiger partial charge < -0.3 is 10.1 Å². The number of carbonyl (C=O) groups excluding carboxylic acids is 1. The number of anilines is 1. The first kappa shape index (κ1) is 12.4. The maximum absolute atomic E-state index is 11.2. The fourth-order valence-electron chi connectivity index (χ4n) is 1.33. The van der Waals surface area contributed by atoms with Crippen LogP contribution in [-0.2, 0) is 4.74 Å². The first-order valence-electron chi connectivity index (χ1n) is 5.39. The molecule has 16 heavy (non-hydrogen) atoms. The Morgan fingerprint density at radius 2 is 2.19 bits per heavy atom. The van der Waals surface area contributed by atoms with E-state index >= 15 is 0 Å². The second-order valence-corrected chi connectivity index (χ2v) is 3.41. The highest BCUT2D eigenvalue weighted by atomic mass is 16.5. The minimum absolute atomic E-state index is 0.0819. The number of nitrogens with one attached hydrogen (secondary N) is 1. The third-order valence-corrected chi connectivity index (χ3v) is 2.36. The topological polar surface area (TPSA) is 64.1 Å². The van der Waals surface area contributed by atoms with Crippen molar-refractivity contribution in [3.63, 3.8) is 0 Å². The maximum atomic E-state index is 11.2. The van der Waals surface area contributed by atoms with Crippen LogP contribution in [0.1, 0.15) is 37.3 Å². The van der Waals surface area contributed by atoms with E-state index in [1.165, 1.54) is 7.11 Å². The monoisotopic (exact) mass is 223 g/mol. The number of hydrogen-bond donors (Lipinski definition) is 1. The van der Waals surface area contributed by atoms with E-state index in [-0.39, 0.29) is 5.82 Å². The summed E-state index contributed by atoms with van der Waals surface area (Å²) >= 11 is 0. The Balaban J connectivity index is 2.78. The molecule has 0 saturated carbocycles. The zero-order chi connectivity index (χ0) is 12.0. The molecule has 0 amide bonds. The molecule has 0 saturated heterocycles. The van der Waals surface area contributed by atoms with Gasteiger partial charge in [0.25, 0.3) is 0 Å². The molecule has 0 unspecified atom stereocenters. The summed E-state index contributed by atoms with van der Waals surface area (Å²) in [6.07, 6.45) is 3.56. The van der Waals surface area contributed by atoms with Gasteiger partial charge >= 0.3 is 5.97 Å². The zero-order valence-electron chi connectivity index (χ0n) is 9.86. The zero-order valence-corrected chi connectivity index (χ0v) is 9.86. The molecule has 5 heteroatoms. The Hall–Kier alpha value is -1.65. The minimum atomic E-state index is -0.520. The molecule has 1 rings (SSSR count). The van der Waals surface area contributed by atoms with Crippen molar-refractivity contribution in [2.75, 3.05) is 12.4 Å². The average molecular weight is 223 g/mol. The van der Waals surface area contributed by atoms with Crippen molar-refractivity contribution in [3.8, 4) is 0 Å². The molecule has 1 N–H and O–H groups in total. The van der Waals surface area contributed by atoms with Crippen LogP contribution < -0.4 is 5.32 Å². The van der Waals surface area contributed by atoms with Crippen LogP contribution in [0, 0.1) is 0 Å². The van der Waals surface area contributed by atoms with Crippen LogP contribution in [0.25, 0.3) is 0 Å². The van der Waals surface area contributed by atoms with Crippen molar-refractivity contribution in [1.29, 1.82) is 0 Å². The third kappa shape index (κ3) is 3.18. The van der Waals surface area contributed by atoms with Crippen LogP contribution in [0.4, 0.5) is 5.82 Å². The summed E-state index contributed by atoms with van der Waals surface area (Å²) in [5, 5.41) is 3.24. The molecular formula is C11H17N3O2. The van der Waals surface area contributed by atoms with Gasteiger partial charge in [0.05, 0.1) is 7.11 Å². The molecule has 1 aromatic rings. The molecule has 0 spiro atoms. The van der Waals surface area contributed by atoms with Crippen molar-refractivity contribution in [3.05, 3.63) is 18.1 Å². The summed E-state index contributed by atoms with van der Waals surface area (Å²) in [5.41, 5.74) is 0. The van der Waals surface area contributed by atoms with Gasteiger partial charge in [0, 0.05) is 12.2 Å². The number of hydrogen-bond acceptors (Lipinski definition) is 5. The summed E-state index contributed by atoms with van der Waals surface area (Å²) in [6, 6.07) is 2.10. The lowest BCUT2D eigenvalue weighted by molar-refractivity contribution is 0.0587. The van der Waals surface area contributed by atoms with E-state index in [0.717, 1.165) is 12.8 Å². The van der Waals surface area contributed by atoms with E-state index in [0.29, 0.717) is 11.9 Å². The number of aromatic nitrogens is 2. The summed E-state index contributed by atoms with van der Waals surface area (Å²) in [7, 11) is 1.31. The lowest BCUT2D eigenvalue weighted by Crippen LogP contribution is -2.19. The fraction of sp³-hybridized carbons (Fsp3) is 0.545. The van der Waals surface area contributed by atoms with E-state index in [1.807, 2.05) is 0 Å². The third-order valence-electron chi connectivity index (χ3n) is 2.36. The van der Waals surface area contributed by atoms with Crippen molar-refractivity contribution < 1.29 is 9.53 Å². The smallest absolute Gasteiger partial charge is 0.376 e. The summed E-state index contributed by atoms with van der Waals surface area (Å²) in [6.45, 7) is 4.20. The van der Waals surface area contributed by atoms with Gasteiger partial charge in [0.15, 0.2) is 0 Å². The van der Waals surface area contributed by atoms with Gasteiger partial charge in [-0.1, -0.05) is 13.8 Å². The lowest BCUT2D eigenvalue weighted by atomic mass is 10.2. The largest absolute Gasteiger partial charge is 0.463 e. The predicted octanol–water partition coefficient (Wildman–Crippen LogP) is 1.86. The van der Waals surface area contributed by atoms with Gasteiger partial charge in [-0.3, -0.25) is 0 Å². The van der Waals surface area contributed by atoms with Gasteiger partial charge in [0.1, 0.15) is 5.82 Å². The van der Waals surface area contributed by atoms with E-state index in [9.17, 15) is 4.79 Å². The van der Waals surface area contributed by atoms with Crippen molar-refractivity contribution in [2.45, 2.75) is 32.7 Å². The quantitative estimate of drug-likeness (QED) is 0.772. The Kier molecular flexibility index (Phi) is 4.69. The number of nitrogens with zero attached hydrogens (tertiary/aromatic N) is 2. The van der Waals surface area contributed by atoms with Crippen LogP contribution in [0.15, 0.2) is 12.3 Å². The summed E-state index contributed by atoms with van der Waals surface area (Å²) < 4.78 is 4.56. The Labute approximate surface area is 95.3 Å². The number of methoxy groups -OCH3 is 1. The number of esters is 1. The molecule has 88 valence electrons. The predicted molar refractivity (Wildman–Crippen MR) is 61.4 cm³/mol. The minimum Gasteiger partial charge on any atom is -0.463 e. The molecule has 0 atom stereocenters. The molecule has 0 aliphatic carbocycles. The Morgan fingerprint density at radius 1 is 1.50 bits per heavy atom. The van der Waals surface area contributed by atoms with Gasteiger partial charge in [-0.05, 0) is 18.9 Å². The molecule has 0 aliphatic heterocycles. The Morgan fingerprint density at radius 3 is 2.75 bits per heavy atom. The van der Waals surface area contributed by atoms with Crippen LogP contribution in [-0.4, -0.2) is 29.1 Å². The molecule has 0 bridgehead atoms. The van der Waals surface area contributed by atoms with Crippen LogP contribution in [0.5, 0.6) is 0 Å². The molecule has 0 aliphatic rings. The van der Waals surface area contributed by atoms with Gasteiger partial charge in [-0.15, -0.1) is 0 Å². The van der Waals surface area contributed by atoms with Crippen LogP contribution in [0.3, 0.4) is 0 Å². The van der Waals surface area contributed by atoms with E-state index in [4.69, 9.17) is 0 Å². The highest BCUT2D eigenvalue weighted by Crippen LogP contribution is 2.08. The number of carbonyl (C=O) groups is 1. The SMILES string of the molecule is CCC(CC)Nc1ccnc(C(=O)OC)n1. The molecule has 1 heterocycles. The standard InChI is InChI=1S/C11H17N3O2/c1-4-8(5-2)13-9-6-7-12-10(14-9)11(15)16-3/h6-8H,4-5H2,1-3H3,(H,12,13,14). The first-order chi connectivity index (χ1) is 7.71. The second kappa shape index (κ2) is 6.05. The number of rotatable bonds is 5. The fourth-order valence-corrected chi connectivity index (χ4v) is 1.33. The molecule has 5 nitrogen and oxygen atoms in total. The van der Waals surface area contributed by atoms with Gasteiger partial charge in [0.2, 0.25) is 5.82 Å². The molecule has 0 fully saturated rings. The average Bonchev–Trinajstić information content (AvgIpc) is 2.35. The van der Waals surface area contributed by atoms with E-state index < -0.39 is 5.97 Å². The number of ether oxygens (including phenoxy) is 1. The van der Waals surface area contributed by atoms with E-state index in [2.05, 4.69) is 33.9 Å². The highest BCUT2D eigenvalue weighted by Gasteiger charge is 2.10. The lowest BCUT2D eigenvalue weighted by Gasteiger charge is -2.15. The highest BCUT2D eigenvalue weighted by molar-refractivity contribution is 5.85. The molecular weight excluding hydrogens is 206 g/mol. The molecule has 0 radical (unpaired) electrons. The van der Waals surface area contributed by atoms with Gasteiger partial charge in [-0.2, -0.15) is 0 Å². The van der Waals surface area contributed by atoms with Crippen LogP contribution in [0.2, 0.25) is 0 Å². The van der Waals surface area contributed by atoms with Crippen molar-refractivity contribution in [1.82, 2.24) is 9.97 Å². The maximum Gasteiger partial charge on any atom is 0.376 e. The Bertz CT molecular complexity index is 351. The second-order valence-electron chi connectivity index (χ2n) is 3.41. The first-order valence-corrected chi connectivity index (χ1v) is 5.39. The molecule has 1 aromatic heterocycles. The van der Waals surface area contributed by atoms with Crippen molar-refractivity contribution >= 4 is 11.8 Å². The summed E-state index contributed by atoms with van der Waals surface area (Å²) in [4.78, 5) is 19.1. The van der Waals surface area contributed by atoms with Crippen LogP contribution >= 0.6 is 0 Å².